The van der Waals surface area contributed by atoms with Gasteiger partial charge < -0.3 is 4.90 Å². The third-order valence-electron chi connectivity index (χ3n) is 2.27. The molecular weight excluding hydrogens is 200 g/mol. The molecule has 1 rings (SSSR count). The van der Waals surface area contributed by atoms with Crippen LogP contribution in [0.4, 0.5) is 0 Å². The van der Waals surface area contributed by atoms with Crippen LogP contribution in [0.2, 0.25) is 0 Å². The molecular formula is C9H18N2S2. The molecule has 1 heterocycles. The van der Waals surface area contributed by atoms with E-state index in [0.29, 0.717) is 0 Å². The van der Waals surface area contributed by atoms with Gasteiger partial charge in [0, 0.05) is 12.1 Å². The minimum Gasteiger partial charge on any atom is -0.345 e. The van der Waals surface area contributed by atoms with Crippen LogP contribution in [0.3, 0.4) is 0 Å². The highest BCUT2D eigenvalue weighted by Gasteiger charge is 2.28. The van der Waals surface area contributed by atoms with E-state index in [4.69, 9.17) is 12.2 Å². The third-order valence-corrected chi connectivity index (χ3v) is 3.83. The van der Waals surface area contributed by atoms with Crippen molar-refractivity contribution in [3.8, 4) is 0 Å². The van der Waals surface area contributed by atoms with Gasteiger partial charge in [-0.3, -0.25) is 4.90 Å². The molecule has 0 unspecified atom stereocenters. The average molecular weight is 218 g/mol. The summed E-state index contributed by atoms with van der Waals surface area (Å²) < 4.78 is 1.04. The van der Waals surface area contributed by atoms with Crippen molar-refractivity contribution >= 4 is 28.3 Å². The first-order valence-electron chi connectivity index (χ1n) is 4.62. The molecule has 1 saturated heterocycles. The van der Waals surface area contributed by atoms with Gasteiger partial charge in [0.2, 0.25) is 0 Å². The van der Waals surface area contributed by atoms with Gasteiger partial charge in [0.05, 0.1) is 12.5 Å². The highest BCUT2D eigenvalue weighted by Crippen LogP contribution is 2.24. The predicted molar refractivity (Wildman–Crippen MR) is 63.9 cm³/mol. The summed E-state index contributed by atoms with van der Waals surface area (Å²) in [5.74, 6) is 1.03. The van der Waals surface area contributed by atoms with Gasteiger partial charge in [0.1, 0.15) is 4.32 Å². The molecule has 1 aliphatic rings. The molecule has 2 nitrogen and oxygen atoms in total. The molecule has 0 aromatic carbocycles. The Labute approximate surface area is 90.7 Å². The molecule has 1 fully saturated rings. The first-order chi connectivity index (χ1) is 5.95. The molecule has 13 heavy (non-hydrogen) atoms. The van der Waals surface area contributed by atoms with Gasteiger partial charge in [0.25, 0.3) is 0 Å². The lowest BCUT2D eigenvalue weighted by Gasteiger charge is -2.43. The first-order valence-corrected chi connectivity index (χ1v) is 6.01. The van der Waals surface area contributed by atoms with Crippen LogP contribution in [0.25, 0.3) is 0 Å². The first kappa shape index (κ1) is 11.3. The maximum atomic E-state index is 5.26. The summed E-state index contributed by atoms with van der Waals surface area (Å²) in [6, 6.07) is 0. The average Bonchev–Trinajstić information content (AvgIpc) is 2.03. The Morgan fingerprint density at radius 1 is 1.46 bits per heavy atom. The molecule has 0 N–H and O–H groups in total. The number of rotatable bonds is 1. The minimum atomic E-state index is 0.246. The number of nitrogens with zero attached hydrogens (tertiary/aromatic N) is 2. The predicted octanol–water partition coefficient (Wildman–Crippen LogP) is 2.36. The van der Waals surface area contributed by atoms with E-state index in [1.165, 1.54) is 0 Å². The Kier molecular flexibility index (Phi) is 3.60. The zero-order valence-electron chi connectivity index (χ0n) is 8.83. The van der Waals surface area contributed by atoms with Crippen molar-refractivity contribution in [2.75, 3.05) is 19.1 Å². The van der Waals surface area contributed by atoms with Crippen LogP contribution < -0.4 is 0 Å². The van der Waals surface area contributed by atoms with Crippen LogP contribution in [0.15, 0.2) is 0 Å². The molecule has 0 atom stereocenters. The van der Waals surface area contributed by atoms with Crippen molar-refractivity contribution in [3.63, 3.8) is 0 Å². The zero-order chi connectivity index (χ0) is 10.1. The fraction of sp³-hybridized carbons (Fsp3) is 0.889. The van der Waals surface area contributed by atoms with E-state index in [1.807, 2.05) is 0 Å². The van der Waals surface area contributed by atoms with Crippen molar-refractivity contribution in [2.24, 2.45) is 0 Å². The second-order valence-electron chi connectivity index (χ2n) is 4.25. The highest BCUT2D eigenvalue weighted by atomic mass is 32.2. The van der Waals surface area contributed by atoms with E-state index in [0.717, 1.165) is 23.4 Å². The van der Waals surface area contributed by atoms with E-state index >= 15 is 0 Å². The highest BCUT2D eigenvalue weighted by molar-refractivity contribution is 8.22. The molecule has 76 valence electrons. The summed E-state index contributed by atoms with van der Waals surface area (Å²) in [6.45, 7) is 10.9. The van der Waals surface area contributed by atoms with Crippen molar-refractivity contribution in [2.45, 2.75) is 33.2 Å². The summed E-state index contributed by atoms with van der Waals surface area (Å²) in [7, 11) is 0. The molecule has 0 saturated carbocycles. The van der Waals surface area contributed by atoms with E-state index in [9.17, 15) is 0 Å². The summed E-state index contributed by atoms with van der Waals surface area (Å²) in [5, 5.41) is 0. The van der Waals surface area contributed by atoms with Crippen LogP contribution >= 0.6 is 24.0 Å². The summed E-state index contributed by atoms with van der Waals surface area (Å²) in [4.78, 5) is 4.69. The fourth-order valence-corrected chi connectivity index (χ4v) is 2.61. The Bertz CT molecular complexity index is 198. The van der Waals surface area contributed by atoms with Gasteiger partial charge >= 0.3 is 0 Å². The Hall–Kier alpha value is 0.200. The molecule has 0 aromatic rings. The number of thiocarbonyl (C=S) groups is 1. The molecule has 0 bridgehead atoms. The largest absolute Gasteiger partial charge is 0.345 e. The van der Waals surface area contributed by atoms with E-state index in [1.54, 1.807) is 11.8 Å². The Morgan fingerprint density at radius 3 is 2.54 bits per heavy atom. The van der Waals surface area contributed by atoms with Crippen molar-refractivity contribution < 1.29 is 0 Å². The second kappa shape index (κ2) is 4.15. The van der Waals surface area contributed by atoms with Crippen molar-refractivity contribution in [3.05, 3.63) is 0 Å². The van der Waals surface area contributed by atoms with E-state index in [2.05, 4.69) is 37.5 Å². The quantitative estimate of drug-likeness (QED) is 0.623. The fourth-order valence-electron chi connectivity index (χ4n) is 1.16. The molecule has 0 amide bonds. The van der Waals surface area contributed by atoms with Gasteiger partial charge in [-0.25, -0.2) is 0 Å². The molecule has 0 aliphatic carbocycles. The summed E-state index contributed by atoms with van der Waals surface area (Å²) >= 11 is 7.03. The van der Waals surface area contributed by atoms with Gasteiger partial charge in [0.15, 0.2) is 0 Å². The van der Waals surface area contributed by atoms with Gasteiger partial charge in [-0.1, -0.05) is 24.0 Å². The van der Waals surface area contributed by atoms with Crippen LogP contribution in [0.1, 0.15) is 27.7 Å². The molecule has 1 aliphatic heterocycles. The summed E-state index contributed by atoms with van der Waals surface area (Å²) in [5.41, 5.74) is 0.246. The minimum absolute atomic E-state index is 0.246. The Balaban J connectivity index is 2.60. The third kappa shape index (κ3) is 2.82. The van der Waals surface area contributed by atoms with E-state index in [-0.39, 0.29) is 5.54 Å². The lowest BCUT2D eigenvalue weighted by atomic mass is 10.1. The standard InChI is InChI=1S/C9H18N2S2/c1-5-10-6-11(9(2,3)4)7-13-8(10)12/h5-7H2,1-4H3. The molecule has 4 heteroatoms. The van der Waals surface area contributed by atoms with Crippen LogP contribution in [0.5, 0.6) is 0 Å². The number of hydrogen-bond acceptors (Lipinski definition) is 3. The van der Waals surface area contributed by atoms with E-state index < -0.39 is 0 Å². The normalized spacial score (nSPS) is 20.9. The number of thioether (sulfide) groups is 1. The Morgan fingerprint density at radius 2 is 2.08 bits per heavy atom. The zero-order valence-corrected chi connectivity index (χ0v) is 10.5. The van der Waals surface area contributed by atoms with Crippen LogP contribution in [-0.4, -0.2) is 38.7 Å². The van der Waals surface area contributed by atoms with Crippen molar-refractivity contribution in [1.82, 2.24) is 9.80 Å². The molecule has 0 aromatic heterocycles. The van der Waals surface area contributed by atoms with Gasteiger partial charge in [-0.05, 0) is 27.7 Å². The lowest BCUT2D eigenvalue weighted by molar-refractivity contribution is 0.111. The van der Waals surface area contributed by atoms with Crippen molar-refractivity contribution in [1.29, 1.82) is 0 Å². The van der Waals surface area contributed by atoms with Crippen LogP contribution in [0, 0.1) is 0 Å². The van der Waals surface area contributed by atoms with Crippen LogP contribution in [-0.2, 0) is 0 Å². The second-order valence-corrected chi connectivity index (χ2v) is 5.83. The topological polar surface area (TPSA) is 6.48 Å². The molecule has 0 spiro atoms. The molecule has 0 radical (unpaired) electrons. The SMILES string of the molecule is CCN1CN(C(C)(C)C)CSC1=S. The maximum absolute atomic E-state index is 5.26. The van der Waals surface area contributed by atoms with Gasteiger partial charge in [-0.2, -0.15) is 0 Å². The monoisotopic (exact) mass is 218 g/mol. The lowest BCUT2D eigenvalue weighted by Crippen LogP contribution is -2.52. The summed E-state index contributed by atoms with van der Waals surface area (Å²) in [6.07, 6.45) is 0. The maximum Gasteiger partial charge on any atom is 0.138 e. The number of hydrogen-bond donors (Lipinski definition) is 0. The van der Waals surface area contributed by atoms with Gasteiger partial charge in [-0.15, -0.1) is 0 Å². The smallest absolute Gasteiger partial charge is 0.138 e.